The molecule has 0 unspecified atom stereocenters. The van der Waals surface area contributed by atoms with Crippen LogP contribution in [0.25, 0.3) is 0 Å². The molecule has 2 N–H and O–H groups in total. The van der Waals surface area contributed by atoms with E-state index >= 15 is 0 Å². The second-order valence-corrected chi connectivity index (χ2v) is 9.70. The fourth-order valence-corrected chi connectivity index (χ4v) is 4.97. The summed E-state index contributed by atoms with van der Waals surface area (Å²) in [6.45, 7) is 12.2. The third-order valence-electron chi connectivity index (χ3n) is 6.76. The summed E-state index contributed by atoms with van der Waals surface area (Å²) in [5.74, 6) is 0.587. The zero-order chi connectivity index (χ0) is 28.0. The smallest absolute Gasteiger partial charge is 0.338 e. The minimum Gasteiger partial charge on any atom is -0.497 e. The van der Waals surface area contributed by atoms with Crippen molar-refractivity contribution in [3.63, 3.8) is 0 Å². The number of esters is 1. The monoisotopic (exact) mass is 531 g/mol. The number of likely N-dealkylation sites (N-methyl/N-ethyl adjacent to an activating group) is 1. The first kappa shape index (κ1) is 29.1. The lowest BCUT2D eigenvalue weighted by atomic mass is 9.93. The number of amides is 4. The van der Waals surface area contributed by atoms with Gasteiger partial charge in [-0.1, -0.05) is 0 Å². The number of hydrogen-bond donors (Lipinski definition) is 2. The molecule has 3 rings (SSSR count). The predicted molar refractivity (Wildman–Crippen MR) is 143 cm³/mol. The molecule has 11 nitrogen and oxygen atoms in total. The Bertz CT molecular complexity index is 1060. The number of carbonyl (C=O) groups excluding carboxylic acids is 3. The van der Waals surface area contributed by atoms with Crippen LogP contribution in [0.15, 0.2) is 29.5 Å². The number of rotatable bonds is 9. The van der Waals surface area contributed by atoms with Gasteiger partial charge in [-0.15, -0.1) is 0 Å². The third-order valence-corrected chi connectivity index (χ3v) is 6.76. The maximum absolute atomic E-state index is 13.4. The Hall–Kier alpha value is -3.47. The fraction of sp³-hybridized carbons (Fsp3) is 0.593. The maximum atomic E-state index is 13.4. The van der Waals surface area contributed by atoms with Crippen LogP contribution < -0.4 is 20.1 Å². The largest absolute Gasteiger partial charge is 0.497 e. The quantitative estimate of drug-likeness (QED) is 0.471. The SMILES string of the molecule is CCOC(=O)C1=C(CN2CCN(C(=O)NC(C)C)[C@H](C)C2)N(CC)C(=O)N[C@H]1c1ccc(OC)cc1OC. The van der Waals surface area contributed by atoms with Gasteiger partial charge in [0, 0.05) is 62.1 Å². The van der Waals surface area contributed by atoms with Gasteiger partial charge < -0.3 is 29.7 Å². The molecule has 4 amide bonds. The number of carbonyl (C=O) groups is 3. The van der Waals surface area contributed by atoms with Crippen molar-refractivity contribution in [2.45, 2.75) is 52.7 Å². The molecule has 2 atom stereocenters. The van der Waals surface area contributed by atoms with E-state index in [4.69, 9.17) is 14.2 Å². The average molecular weight is 532 g/mol. The summed E-state index contributed by atoms with van der Waals surface area (Å²) in [6, 6.07) is 4.13. The van der Waals surface area contributed by atoms with Gasteiger partial charge in [0.15, 0.2) is 0 Å². The lowest BCUT2D eigenvalue weighted by Gasteiger charge is -2.43. The molecular formula is C27H41N5O6. The zero-order valence-electron chi connectivity index (χ0n) is 23.5. The lowest BCUT2D eigenvalue weighted by molar-refractivity contribution is -0.139. The van der Waals surface area contributed by atoms with Crippen molar-refractivity contribution < 1.29 is 28.6 Å². The van der Waals surface area contributed by atoms with Gasteiger partial charge in [0.1, 0.15) is 11.5 Å². The molecule has 2 aliphatic rings. The second-order valence-electron chi connectivity index (χ2n) is 9.70. The molecule has 210 valence electrons. The van der Waals surface area contributed by atoms with Crippen molar-refractivity contribution in [2.24, 2.45) is 0 Å². The third kappa shape index (κ3) is 6.32. The molecule has 2 aliphatic heterocycles. The fourth-order valence-electron chi connectivity index (χ4n) is 4.97. The minimum atomic E-state index is -0.768. The van der Waals surface area contributed by atoms with E-state index in [1.807, 2.05) is 32.6 Å². The van der Waals surface area contributed by atoms with Crippen molar-refractivity contribution in [2.75, 3.05) is 53.6 Å². The topological polar surface area (TPSA) is 113 Å². The maximum Gasteiger partial charge on any atom is 0.338 e. The molecular weight excluding hydrogens is 490 g/mol. The number of urea groups is 2. The first-order valence-electron chi connectivity index (χ1n) is 13.1. The Morgan fingerprint density at radius 3 is 2.47 bits per heavy atom. The molecule has 2 heterocycles. The highest BCUT2D eigenvalue weighted by Crippen LogP contribution is 2.38. The molecule has 1 aromatic carbocycles. The summed E-state index contributed by atoms with van der Waals surface area (Å²) in [4.78, 5) is 44.9. The molecule has 0 aliphatic carbocycles. The molecule has 38 heavy (non-hydrogen) atoms. The van der Waals surface area contributed by atoms with E-state index in [9.17, 15) is 14.4 Å². The second kappa shape index (κ2) is 12.9. The standard InChI is InChI=1S/C27H41N5O6/c1-8-31-21(16-30-12-13-32(18(5)15-30)26(34)28-17(3)4)23(25(33)38-9-2)24(29-27(31)35)20-11-10-19(36-6)14-22(20)37-7/h10-11,14,17-18,24H,8-9,12-13,15-16H2,1-7H3,(H,28,34)(H,29,35)/t18-,24+/m1/s1. The Labute approximate surface area is 225 Å². The van der Waals surface area contributed by atoms with Crippen LogP contribution in [-0.4, -0.2) is 98.4 Å². The number of nitrogens with one attached hydrogen (secondary N) is 2. The highest BCUT2D eigenvalue weighted by atomic mass is 16.5. The molecule has 1 saturated heterocycles. The molecule has 1 fully saturated rings. The minimum absolute atomic E-state index is 0.0425. The first-order chi connectivity index (χ1) is 18.1. The van der Waals surface area contributed by atoms with Gasteiger partial charge >= 0.3 is 18.0 Å². The van der Waals surface area contributed by atoms with Gasteiger partial charge in [-0.2, -0.15) is 0 Å². The van der Waals surface area contributed by atoms with Gasteiger partial charge in [-0.25, -0.2) is 14.4 Å². The Morgan fingerprint density at radius 1 is 1.16 bits per heavy atom. The Morgan fingerprint density at radius 2 is 1.89 bits per heavy atom. The molecule has 0 aromatic heterocycles. The van der Waals surface area contributed by atoms with Gasteiger partial charge in [-0.05, 0) is 46.8 Å². The summed E-state index contributed by atoms with van der Waals surface area (Å²) in [7, 11) is 3.09. The molecule has 11 heteroatoms. The number of piperazine rings is 1. The van der Waals surface area contributed by atoms with Crippen molar-refractivity contribution in [1.82, 2.24) is 25.3 Å². The average Bonchev–Trinajstić information content (AvgIpc) is 2.87. The molecule has 0 spiro atoms. The number of benzene rings is 1. The van der Waals surface area contributed by atoms with Crippen LogP contribution in [-0.2, 0) is 9.53 Å². The molecule has 1 aromatic rings. The van der Waals surface area contributed by atoms with E-state index in [2.05, 4.69) is 15.5 Å². The Kier molecular flexibility index (Phi) is 9.84. The van der Waals surface area contributed by atoms with E-state index < -0.39 is 12.0 Å². The van der Waals surface area contributed by atoms with Crippen molar-refractivity contribution in [3.05, 3.63) is 35.0 Å². The Balaban J connectivity index is 2.01. The number of methoxy groups -OCH3 is 2. The number of nitrogens with zero attached hydrogens (tertiary/aromatic N) is 3. The van der Waals surface area contributed by atoms with Gasteiger partial charge in [0.25, 0.3) is 0 Å². The van der Waals surface area contributed by atoms with Crippen LogP contribution in [0.1, 0.15) is 46.2 Å². The van der Waals surface area contributed by atoms with Crippen LogP contribution in [0.3, 0.4) is 0 Å². The van der Waals surface area contributed by atoms with Crippen LogP contribution >= 0.6 is 0 Å². The summed E-state index contributed by atoms with van der Waals surface area (Å²) < 4.78 is 16.4. The van der Waals surface area contributed by atoms with E-state index in [-0.39, 0.29) is 30.8 Å². The number of hydrogen-bond acceptors (Lipinski definition) is 7. The summed E-state index contributed by atoms with van der Waals surface area (Å²) in [5, 5.41) is 5.94. The summed E-state index contributed by atoms with van der Waals surface area (Å²) >= 11 is 0. The van der Waals surface area contributed by atoms with Crippen molar-refractivity contribution >= 4 is 18.0 Å². The van der Waals surface area contributed by atoms with E-state index in [1.165, 1.54) is 7.11 Å². The highest BCUT2D eigenvalue weighted by molar-refractivity contribution is 5.95. The molecule has 0 saturated carbocycles. The van der Waals surface area contributed by atoms with Gasteiger partial charge in [-0.3, -0.25) is 9.80 Å². The van der Waals surface area contributed by atoms with Crippen molar-refractivity contribution in [3.8, 4) is 11.5 Å². The molecule has 0 bridgehead atoms. The van der Waals surface area contributed by atoms with Crippen LogP contribution in [0, 0.1) is 0 Å². The zero-order valence-corrected chi connectivity index (χ0v) is 23.5. The highest BCUT2D eigenvalue weighted by Gasteiger charge is 2.40. The first-order valence-corrected chi connectivity index (χ1v) is 13.1. The predicted octanol–water partition coefficient (Wildman–Crippen LogP) is 2.73. The van der Waals surface area contributed by atoms with E-state index in [0.29, 0.717) is 61.1 Å². The van der Waals surface area contributed by atoms with Crippen LogP contribution in [0.5, 0.6) is 11.5 Å². The van der Waals surface area contributed by atoms with Crippen molar-refractivity contribution in [1.29, 1.82) is 0 Å². The normalized spacial score (nSPS) is 20.4. The van der Waals surface area contributed by atoms with Gasteiger partial charge in [0.05, 0.1) is 32.4 Å². The van der Waals surface area contributed by atoms with E-state index in [0.717, 1.165) is 0 Å². The lowest BCUT2D eigenvalue weighted by Crippen LogP contribution is -2.58. The number of ether oxygens (including phenoxy) is 3. The summed E-state index contributed by atoms with van der Waals surface area (Å²) in [6.07, 6.45) is 0. The summed E-state index contributed by atoms with van der Waals surface area (Å²) in [5.41, 5.74) is 1.58. The molecule has 0 radical (unpaired) electrons. The van der Waals surface area contributed by atoms with Crippen LogP contribution in [0.2, 0.25) is 0 Å². The van der Waals surface area contributed by atoms with E-state index in [1.54, 1.807) is 37.1 Å². The van der Waals surface area contributed by atoms with Crippen LogP contribution in [0.4, 0.5) is 9.59 Å². The van der Waals surface area contributed by atoms with Gasteiger partial charge in [0.2, 0.25) is 0 Å².